The van der Waals surface area contributed by atoms with Gasteiger partial charge in [0.25, 0.3) is 0 Å². The lowest BCUT2D eigenvalue weighted by Gasteiger charge is -1.81. The minimum atomic E-state index is -1.08. The SMILES string of the molecule is CC(=O)[O-].CCC[NH2+]C.CCC[NH2+]C.CCC[NH2+]C.CCC[NH2+]C.[F-].[F-].[F-]. The standard InChI is InChI=1S/4C4H11N.C2H4O2.3FH/c4*1-3-4-5-2;1-2(3)4;;;/h4*5H,3-4H2,1-2H3;1H3,(H,3,4);3*1H. The topological polar surface area (TPSA) is 107 Å². The Balaban J connectivity index is -0.0000000272. The molecule has 0 atom stereocenters. The first-order valence-electron chi connectivity index (χ1n) is 9.68. The second-order valence-electron chi connectivity index (χ2n) is 5.28. The number of hydrogen-bond acceptors (Lipinski definition) is 2. The van der Waals surface area contributed by atoms with Gasteiger partial charge in [-0.2, -0.15) is 0 Å². The largest absolute Gasteiger partial charge is 1.00 e. The molecule has 0 saturated heterocycles. The van der Waals surface area contributed by atoms with E-state index in [1.807, 2.05) is 0 Å². The molecule has 0 aromatic rings. The predicted octanol–water partition coefficient (Wildman–Crippen LogP) is -11.9. The number of nitrogens with two attached hydrogens (primary N) is 4. The van der Waals surface area contributed by atoms with E-state index in [0.29, 0.717) is 0 Å². The number of hydrogen-bond donors (Lipinski definition) is 4. The minimum absolute atomic E-state index is 0. The van der Waals surface area contributed by atoms with Gasteiger partial charge in [0.05, 0.1) is 54.4 Å². The Kier molecular flexibility index (Phi) is 136. The van der Waals surface area contributed by atoms with Gasteiger partial charge < -0.3 is 45.3 Å². The van der Waals surface area contributed by atoms with Crippen LogP contribution in [0.1, 0.15) is 60.3 Å². The van der Waals surface area contributed by atoms with Crippen LogP contribution in [0.5, 0.6) is 0 Å². The minimum Gasteiger partial charge on any atom is -1.00 e. The first-order valence-corrected chi connectivity index (χ1v) is 9.68. The van der Waals surface area contributed by atoms with Gasteiger partial charge in [0.1, 0.15) is 0 Å². The van der Waals surface area contributed by atoms with Gasteiger partial charge in [0.15, 0.2) is 0 Å². The quantitative estimate of drug-likeness (QED) is 0.318. The maximum atomic E-state index is 8.89. The van der Waals surface area contributed by atoms with Crippen LogP contribution in [0.4, 0.5) is 0 Å². The van der Waals surface area contributed by atoms with Crippen molar-refractivity contribution >= 4 is 5.97 Å². The van der Waals surface area contributed by atoms with Crippen molar-refractivity contribution in [3.8, 4) is 0 Å². The van der Waals surface area contributed by atoms with E-state index in [9.17, 15) is 0 Å². The Morgan fingerprint density at radius 2 is 0.704 bits per heavy atom. The number of rotatable bonds is 8. The molecule has 0 saturated carbocycles. The zero-order valence-corrected chi connectivity index (χ0v) is 19.4. The van der Waals surface area contributed by atoms with Crippen LogP contribution in [-0.2, 0) is 4.79 Å². The Morgan fingerprint density at radius 3 is 0.704 bits per heavy atom. The third kappa shape index (κ3) is 266. The van der Waals surface area contributed by atoms with Crippen molar-refractivity contribution in [1.29, 1.82) is 0 Å². The zero-order valence-electron chi connectivity index (χ0n) is 19.4. The fourth-order valence-corrected chi connectivity index (χ4v) is 1.15. The van der Waals surface area contributed by atoms with Gasteiger partial charge in [-0.1, -0.05) is 27.7 Å². The van der Waals surface area contributed by atoms with E-state index in [1.54, 1.807) is 0 Å². The highest BCUT2D eigenvalue weighted by atomic mass is 19.0. The van der Waals surface area contributed by atoms with Gasteiger partial charge in [0, 0.05) is 5.97 Å². The van der Waals surface area contributed by atoms with Gasteiger partial charge >= 0.3 is 0 Å². The molecule has 0 aliphatic heterocycles. The fourth-order valence-electron chi connectivity index (χ4n) is 1.15. The van der Waals surface area contributed by atoms with Crippen molar-refractivity contribution in [2.45, 2.75) is 60.3 Å². The number of carbonyl (C=O) groups excluding carboxylic acids is 1. The molecule has 0 spiro atoms. The van der Waals surface area contributed by atoms with Crippen molar-refractivity contribution in [3.63, 3.8) is 0 Å². The molecule has 0 aromatic carbocycles. The zero-order chi connectivity index (χ0) is 20.1. The Morgan fingerprint density at radius 1 is 0.593 bits per heavy atom. The molecule has 0 aliphatic carbocycles. The van der Waals surface area contributed by atoms with E-state index in [0.717, 1.165) is 6.92 Å². The van der Waals surface area contributed by atoms with Gasteiger partial charge in [-0.05, 0) is 32.6 Å². The van der Waals surface area contributed by atoms with E-state index in [-0.39, 0.29) is 14.1 Å². The molecule has 0 amide bonds. The Hall–Kier alpha value is -0.900. The van der Waals surface area contributed by atoms with E-state index < -0.39 is 5.97 Å². The van der Waals surface area contributed by atoms with Gasteiger partial charge in [-0.25, -0.2) is 0 Å². The van der Waals surface area contributed by atoms with Crippen molar-refractivity contribution in [3.05, 3.63) is 0 Å². The average Bonchev–Trinajstić information content (AvgIpc) is 2.52. The first kappa shape index (κ1) is 50.2. The Labute approximate surface area is 166 Å². The molecule has 0 bridgehead atoms. The van der Waals surface area contributed by atoms with Crippen LogP contribution in [-0.4, -0.2) is 60.3 Å². The van der Waals surface area contributed by atoms with Crippen LogP contribution in [0.3, 0.4) is 0 Å². The smallest absolute Gasteiger partial charge is 0.0750 e. The van der Waals surface area contributed by atoms with E-state index >= 15 is 0 Å². The summed E-state index contributed by atoms with van der Waals surface area (Å²) in [6.07, 6.45) is 5.15. The summed E-state index contributed by atoms with van der Waals surface area (Å²) in [4.78, 5) is 8.89. The molecule has 0 aromatic heterocycles. The second kappa shape index (κ2) is 73.3. The van der Waals surface area contributed by atoms with Crippen molar-refractivity contribution < 1.29 is 45.3 Å². The van der Waals surface area contributed by atoms with Crippen molar-refractivity contribution in [2.24, 2.45) is 0 Å². The molecule has 0 unspecified atom stereocenters. The van der Waals surface area contributed by atoms with Crippen LogP contribution in [0.15, 0.2) is 0 Å². The Bertz CT molecular complexity index is 149. The number of carbonyl (C=O) groups is 1. The van der Waals surface area contributed by atoms with Gasteiger partial charge in [0.2, 0.25) is 0 Å². The second-order valence-corrected chi connectivity index (χ2v) is 5.28. The average molecular weight is 413 g/mol. The van der Waals surface area contributed by atoms with Crippen LogP contribution in [0.25, 0.3) is 0 Å². The molecule has 8 N–H and O–H groups in total. The van der Waals surface area contributed by atoms with Gasteiger partial charge in [-0.3, -0.25) is 0 Å². The molecule has 0 heterocycles. The summed E-state index contributed by atoms with van der Waals surface area (Å²) in [5, 5.41) is 17.6. The van der Waals surface area contributed by atoms with Crippen LogP contribution < -0.4 is 40.5 Å². The lowest BCUT2D eigenvalue weighted by molar-refractivity contribution is -0.627. The molecule has 0 radical (unpaired) electrons. The highest BCUT2D eigenvalue weighted by Crippen LogP contribution is 1.57. The van der Waals surface area contributed by atoms with Crippen LogP contribution in [0.2, 0.25) is 0 Å². The van der Waals surface area contributed by atoms with Crippen LogP contribution >= 0.6 is 0 Å². The monoisotopic (exact) mass is 412 g/mol. The third-order valence-electron chi connectivity index (χ3n) is 2.31. The molecule has 27 heavy (non-hydrogen) atoms. The molecule has 9 heteroatoms. The molecular formula is C18H51F3N4O2. The molecule has 0 fully saturated rings. The fraction of sp³-hybridized carbons (Fsp3) is 0.944. The van der Waals surface area contributed by atoms with E-state index in [2.05, 4.69) is 77.2 Å². The van der Waals surface area contributed by atoms with Crippen molar-refractivity contribution in [2.75, 3.05) is 54.4 Å². The lowest BCUT2D eigenvalue weighted by Crippen LogP contribution is -3.00. The van der Waals surface area contributed by atoms with Gasteiger partial charge in [-0.15, -0.1) is 0 Å². The number of halogens is 3. The molecule has 0 aliphatic rings. The predicted molar refractivity (Wildman–Crippen MR) is 103 cm³/mol. The molecule has 176 valence electrons. The summed E-state index contributed by atoms with van der Waals surface area (Å²) in [5.41, 5.74) is 0. The number of aliphatic carboxylic acids is 1. The number of carboxylic acid groups (broad SMARTS) is 1. The third-order valence-corrected chi connectivity index (χ3v) is 2.31. The van der Waals surface area contributed by atoms with E-state index in [4.69, 9.17) is 9.90 Å². The summed E-state index contributed by atoms with van der Waals surface area (Å²) < 4.78 is 0. The molecule has 6 nitrogen and oxygen atoms in total. The lowest BCUT2D eigenvalue weighted by atomic mass is 10.5. The normalized spacial score (nSPS) is 7.15. The first-order chi connectivity index (χ1) is 11.4. The highest BCUT2D eigenvalue weighted by Gasteiger charge is 1.70. The highest BCUT2D eigenvalue weighted by molar-refractivity contribution is 5.60. The summed E-state index contributed by atoms with van der Waals surface area (Å²) in [6.45, 7) is 14.8. The molecule has 0 rings (SSSR count). The maximum absolute atomic E-state index is 8.89. The maximum Gasteiger partial charge on any atom is 0.0750 e. The summed E-state index contributed by atoms with van der Waals surface area (Å²) in [5.74, 6) is -1.08. The summed E-state index contributed by atoms with van der Waals surface area (Å²) in [6, 6.07) is 0. The number of carboxylic acids is 1. The summed E-state index contributed by atoms with van der Waals surface area (Å²) >= 11 is 0. The van der Waals surface area contributed by atoms with Crippen molar-refractivity contribution in [1.82, 2.24) is 0 Å². The summed E-state index contributed by atoms with van der Waals surface area (Å²) in [7, 11) is 8.35. The molecular weight excluding hydrogens is 361 g/mol. The number of quaternary nitrogens is 4. The van der Waals surface area contributed by atoms with E-state index in [1.165, 1.54) is 51.9 Å². The van der Waals surface area contributed by atoms with Crippen LogP contribution in [0, 0.1) is 0 Å².